The van der Waals surface area contributed by atoms with E-state index in [9.17, 15) is 19.5 Å². The smallest absolute Gasteiger partial charge is 0.326 e. The summed E-state index contributed by atoms with van der Waals surface area (Å²) in [6, 6.07) is -2.61. The van der Waals surface area contributed by atoms with Gasteiger partial charge in [-0.2, -0.15) is 0 Å². The van der Waals surface area contributed by atoms with Crippen molar-refractivity contribution in [3.63, 3.8) is 0 Å². The van der Waals surface area contributed by atoms with Crippen molar-refractivity contribution in [2.45, 2.75) is 75.9 Å². The van der Waals surface area contributed by atoms with Gasteiger partial charge in [-0.05, 0) is 71.0 Å². The average Bonchev–Trinajstić information content (AvgIpc) is 2.66. The van der Waals surface area contributed by atoms with Crippen LogP contribution in [0.2, 0.25) is 0 Å². The Hall–Kier alpha value is -1.75. The summed E-state index contributed by atoms with van der Waals surface area (Å²) >= 11 is 0. The summed E-state index contributed by atoms with van der Waals surface area (Å²) in [5, 5.41) is 14.5. The Morgan fingerprint density at radius 2 is 1.11 bits per heavy atom. The van der Waals surface area contributed by atoms with Crippen LogP contribution in [0.15, 0.2) is 0 Å². The molecule has 0 heterocycles. The first kappa shape index (κ1) is 26.2. The SMILES string of the molecule is NCCCC[C@H](NC(=O)[C@@H](N)CCCCN)C(=O)N[C@H](CCCCN)C(=O)O. The van der Waals surface area contributed by atoms with Crippen molar-refractivity contribution in [3.05, 3.63) is 0 Å². The fourth-order valence-electron chi connectivity index (χ4n) is 2.70. The van der Waals surface area contributed by atoms with Crippen molar-refractivity contribution < 1.29 is 19.5 Å². The number of rotatable bonds is 17. The lowest BCUT2D eigenvalue weighted by molar-refractivity contribution is -0.142. The first-order valence-corrected chi connectivity index (χ1v) is 10.1. The fraction of sp³-hybridized carbons (Fsp3) is 0.833. The van der Waals surface area contributed by atoms with Crippen LogP contribution < -0.4 is 33.6 Å². The first-order valence-electron chi connectivity index (χ1n) is 10.1. The van der Waals surface area contributed by atoms with Crippen molar-refractivity contribution in [1.82, 2.24) is 10.6 Å². The zero-order valence-corrected chi connectivity index (χ0v) is 16.7. The van der Waals surface area contributed by atoms with Crippen LogP contribution in [-0.2, 0) is 14.4 Å². The minimum absolute atomic E-state index is 0.278. The van der Waals surface area contributed by atoms with Crippen molar-refractivity contribution in [2.24, 2.45) is 22.9 Å². The molecule has 10 nitrogen and oxygen atoms in total. The lowest BCUT2D eigenvalue weighted by atomic mass is 10.0. The third-order valence-electron chi connectivity index (χ3n) is 4.45. The maximum atomic E-state index is 12.6. The van der Waals surface area contributed by atoms with Gasteiger partial charge in [0, 0.05) is 0 Å². The molecule has 0 aliphatic carbocycles. The normalized spacial score (nSPS) is 14.1. The number of aliphatic carboxylic acids is 1. The summed E-state index contributed by atoms with van der Waals surface area (Å²) < 4.78 is 0. The van der Waals surface area contributed by atoms with Gasteiger partial charge in [-0.15, -0.1) is 0 Å². The number of carboxylic acid groups (broad SMARTS) is 1. The number of unbranched alkanes of at least 4 members (excludes halogenated alkanes) is 3. The standard InChI is InChI=1S/C18H38N6O4/c19-10-4-1-7-13(22)16(25)23-14(8-2-5-11-20)17(26)24-15(18(27)28)9-3-6-12-21/h13-15H,1-12,19-22H2,(H,23,25)(H,24,26)(H,27,28)/t13-,14-,15+/m0/s1. The maximum absolute atomic E-state index is 12.6. The van der Waals surface area contributed by atoms with Gasteiger partial charge in [0.1, 0.15) is 12.1 Å². The molecule has 0 saturated carbocycles. The molecule has 0 saturated heterocycles. The maximum Gasteiger partial charge on any atom is 0.326 e. The van der Waals surface area contributed by atoms with Gasteiger partial charge in [-0.1, -0.05) is 6.42 Å². The minimum atomic E-state index is -1.11. The summed E-state index contributed by atoms with van der Waals surface area (Å²) in [6.07, 6.45) is 5.18. The van der Waals surface area contributed by atoms with E-state index in [1.165, 1.54) is 0 Å². The largest absolute Gasteiger partial charge is 0.480 e. The number of nitrogens with one attached hydrogen (secondary N) is 2. The molecule has 2 amide bonds. The Morgan fingerprint density at radius 3 is 1.57 bits per heavy atom. The van der Waals surface area contributed by atoms with Gasteiger partial charge in [0.15, 0.2) is 0 Å². The summed E-state index contributed by atoms with van der Waals surface area (Å²) in [4.78, 5) is 36.3. The molecule has 0 spiro atoms. The molecule has 0 aliphatic heterocycles. The highest BCUT2D eigenvalue weighted by Crippen LogP contribution is 2.06. The van der Waals surface area contributed by atoms with Gasteiger partial charge >= 0.3 is 5.97 Å². The van der Waals surface area contributed by atoms with Crippen molar-refractivity contribution in [1.29, 1.82) is 0 Å². The lowest BCUT2D eigenvalue weighted by Gasteiger charge is -2.23. The second-order valence-electron chi connectivity index (χ2n) is 6.92. The number of hydrogen-bond acceptors (Lipinski definition) is 7. The predicted octanol–water partition coefficient (Wildman–Crippen LogP) is -1.25. The highest BCUT2D eigenvalue weighted by atomic mass is 16.4. The van der Waals surface area contributed by atoms with E-state index in [2.05, 4.69) is 10.6 Å². The quantitative estimate of drug-likeness (QED) is 0.146. The van der Waals surface area contributed by atoms with Gasteiger partial charge in [0.25, 0.3) is 0 Å². The highest BCUT2D eigenvalue weighted by Gasteiger charge is 2.27. The molecule has 0 rings (SSSR count). The molecule has 0 aromatic carbocycles. The van der Waals surface area contributed by atoms with E-state index < -0.39 is 35.9 Å². The van der Waals surface area contributed by atoms with Crippen molar-refractivity contribution >= 4 is 17.8 Å². The van der Waals surface area contributed by atoms with E-state index in [0.29, 0.717) is 58.2 Å². The molecule has 10 heteroatoms. The molecular formula is C18H38N6O4. The lowest BCUT2D eigenvalue weighted by Crippen LogP contribution is -2.54. The second-order valence-corrected chi connectivity index (χ2v) is 6.92. The molecule has 164 valence electrons. The van der Waals surface area contributed by atoms with Gasteiger partial charge in [0.2, 0.25) is 11.8 Å². The molecule has 0 radical (unpaired) electrons. The van der Waals surface area contributed by atoms with E-state index in [0.717, 1.165) is 12.8 Å². The molecule has 28 heavy (non-hydrogen) atoms. The minimum Gasteiger partial charge on any atom is -0.480 e. The van der Waals surface area contributed by atoms with Gasteiger partial charge in [-0.3, -0.25) is 9.59 Å². The third kappa shape index (κ3) is 11.9. The molecule has 3 atom stereocenters. The van der Waals surface area contributed by atoms with Crippen LogP contribution in [0.3, 0.4) is 0 Å². The van der Waals surface area contributed by atoms with Crippen molar-refractivity contribution in [3.8, 4) is 0 Å². The zero-order chi connectivity index (χ0) is 21.4. The summed E-state index contributed by atoms with van der Waals surface area (Å²) in [6.45, 7) is 1.46. The number of nitrogens with two attached hydrogens (primary N) is 4. The Morgan fingerprint density at radius 1 is 0.679 bits per heavy atom. The molecule has 0 bridgehead atoms. The van der Waals surface area contributed by atoms with Gasteiger partial charge in [-0.25, -0.2) is 4.79 Å². The van der Waals surface area contributed by atoms with Crippen LogP contribution in [0, 0.1) is 0 Å². The van der Waals surface area contributed by atoms with Crippen LogP contribution in [0.5, 0.6) is 0 Å². The number of carboxylic acids is 1. The Bertz CT molecular complexity index is 463. The molecular weight excluding hydrogens is 364 g/mol. The van der Waals surface area contributed by atoms with Crippen molar-refractivity contribution in [2.75, 3.05) is 19.6 Å². The van der Waals surface area contributed by atoms with Crippen LogP contribution in [0.4, 0.5) is 0 Å². The second kappa shape index (κ2) is 16.2. The van der Waals surface area contributed by atoms with E-state index in [1.807, 2.05) is 0 Å². The molecule has 0 fully saturated rings. The van der Waals surface area contributed by atoms with Gasteiger partial charge in [0.05, 0.1) is 6.04 Å². The number of carbonyl (C=O) groups is 3. The molecule has 0 aliphatic rings. The average molecular weight is 403 g/mol. The summed E-state index contributed by atoms with van der Waals surface area (Å²) in [5.41, 5.74) is 22.2. The number of carbonyl (C=O) groups excluding carboxylic acids is 2. The van der Waals surface area contributed by atoms with Crippen LogP contribution in [0.1, 0.15) is 57.8 Å². The Labute approximate surface area is 167 Å². The van der Waals surface area contributed by atoms with E-state index in [1.54, 1.807) is 0 Å². The van der Waals surface area contributed by atoms with Gasteiger partial charge < -0.3 is 38.7 Å². The molecule has 0 unspecified atom stereocenters. The molecule has 11 N–H and O–H groups in total. The van der Waals surface area contributed by atoms with Crippen LogP contribution in [0.25, 0.3) is 0 Å². The van der Waals surface area contributed by atoms with E-state index in [-0.39, 0.29) is 6.42 Å². The Kier molecular flexibility index (Phi) is 15.2. The molecule has 0 aromatic heterocycles. The fourth-order valence-corrected chi connectivity index (χ4v) is 2.70. The first-order chi connectivity index (χ1) is 13.4. The zero-order valence-electron chi connectivity index (χ0n) is 16.7. The molecule has 0 aromatic rings. The number of amides is 2. The topological polar surface area (TPSA) is 200 Å². The third-order valence-corrected chi connectivity index (χ3v) is 4.45. The highest BCUT2D eigenvalue weighted by molar-refractivity contribution is 5.91. The monoisotopic (exact) mass is 402 g/mol. The van der Waals surface area contributed by atoms with E-state index in [4.69, 9.17) is 22.9 Å². The predicted molar refractivity (Wildman–Crippen MR) is 108 cm³/mol. The summed E-state index contributed by atoms with van der Waals surface area (Å²) in [7, 11) is 0. The number of hydrogen-bond donors (Lipinski definition) is 7. The van der Waals surface area contributed by atoms with Crippen LogP contribution >= 0.6 is 0 Å². The van der Waals surface area contributed by atoms with Crippen LogP contribution in [-0.4, -0.2) is 60.6 Å². The Balaban J connectivity index is 4.86. The summed E-state index contributed by atoms with van der Waals surface area (Å²) in [5.74, 6) is -2.07. The van der Waals surface area contributed by atoms with E-state index >= 15 is 0 Å².